The van der Waals surface area contributed by atoms with Crippen molar-refractivity contribution in [1.82, 2.24) is 9.38 Å². The van der Waals surface area contributed by atoms with E-state index in [4.69, 9.17) is 10.00 Å². The third-order valence-electron chi connectivity index (χ3n) is 3.72. The molecule has 0 bridgehead atoms. The van der Waals surface area contributed by atoms with Crippen LogP contribution in [0.4, 0.5) is 5.69 Å². The summed E-state index contributed by atoms with van der Waals surface area (Å²) in [6.45, 7) is 2.04. The van der Waals surface area contributed by atoms with E-state index in [1.54, 1.807) is 30.3 Å². The molecule has 0 saturated heterocycles. The van der Waals surface area contributed by atoms with E-state index in [-0.39, 0.29) is 13.0 Å². The molecular weight excluding hydrogens is 332 g/mol. The highest BCUT2D eigenvalue weighted by Crippen LogP contribution is 2.13. The molecule has 130 valence electrons. The number of ether oxygens (including phenoxy) is 1. The molecule has 0 atom stereocenters. The van der Waals surface area contributed by atoms with Crippen molar-refractivity contribution < 1.29 is 14.3 Å². The number of nitriles is 1. The van der Waals surface area contributed by atoms with Crippen molar-refractivity contribution in [2.75, 3.05) is 5.32 Å². The van der Waals surface area contributed by atoms with Crippen molar-refractivity contribution in [3.63, 3.8) is 0 Å². The van der Waals surface area contributed by atoms with Crippen molar-refractivity contribution in [2.24, 2.45) is 0 Å². The maximum atomic E-state index is 12.1. The highest BCUT2D eigenvalue weighted by atomic mass is 16.5. The maximum Gasteiger partial charge on any atom is 0.338 e. The predicted molar refractivity (Wildman–Crippen MR) is 94.4 cm³/mol. The first-order chi connectivity index (χ1) is 12.6. The van der Waals surface area contributed by atoms with Crippen LogP contribution >= 0.6 is 0 Å². The van der Waals surface area contributed by atoms with Crippen LogP contribution in [0.15, 0.2) is 48.8 Å². The SMILES string of the molecule is Cc1cccn2cc(COC(=O)c3ccc(NC(=O)CC#N)cc3)nc12. The van der Waals surface area contributed by atoms with Crippen molar-refractivity contribution >= 4 is 23.2 Å². The quantitative estimate of drug-likeness (QED) is 0.715. The zero-order valence-electron chi connectivity index (χ0n) is 14.1. The third kappa shape index (κ3) is 3.87. The first-order valence-electron chi connectivity index (χ1n) is 7.94. The fraction of sp³-hybridized carbons (Fsp3) is 0.158. The number of benzene rings is 1. The number of nitrogens with zero attached hydrogens (tertiary/aromatic N) is 3. The summed E-state index contributed by atoms with van der Waals surface area (Å²) < 4.78 is 7.18. The number of hydrogen-bond acceptors (Lipinski definition) is 5. The van der Waals surface area contributed by atoms with Gasteiger partial charge in [0.2, 0.25) is 5.91 Å². The van der Waals surface area contributed by atoms with Crippen LogP contribution in [0.25, 0.3) is 5.65 Å². The smallest absolute Gasteiger partial charge is 0.338 e. The fourth-order valence-corrected chi connectivity index (χ4v) is 2.46. The monoisotopic (exact) mass is 348 g/mol. The second-order valence-corrected chi connectivity index (χ2v) is 5.69. The average Bonchev–Trinajstić information content (AvgIpc) is 3.05. The molecule has 7 heteroatoms. The van der Waals surface area contributed by atoms with Gasteiger partial charge in [0.1, 0.15) is 18.7 Å². The van der Waals surface area contributed by atoms with Gasteiger partial charge in [-0.05, 0) is 42.8 Å². The number of anilines is 1. The summed E-state index contributed by atoms with van der Waals surface area (Å²) in [6, 6.07) is 11.9. The van der Waals surface area contributed by atoms with Crippen LogP contribution < -0.4 is 5.32 Å². The number of aromatic nitrogens is 2. The Morgan fingerprint density at radius 2 is 2.04 bits per heavy atom. The minimum Gasteiger partial charge on any atom is -0.456 e. The lowest BCUT2D eigenvalue weighted by atomic mass is 10.2. The molecule has 1 aromatic carbocycles. The Labute approximate surface area is 149 Å². The van der Waals surface area contributed by atoms with E-state index >= 15 is 0 Å². The van der Waals surface area contributed by atoms with Gasteiger partial charge in [-0.2, -0.15) is 5.26 Å². The molecule has 0 aliphatic heterocycles. The zero-order valence-corrected chi connectivity index (χ0v) is 14.1. The van der Waals surface area contributed by atoms with Crippen molar-refractivity contribution in [3.05, 3.63) is 65.6 Å². The third-order valence-corrected chi connectivity index (χ3v) is 3.72. The van der Waals surface area contributed by atoms with E-state index in [1.165, 1.54) is 0 Å². The van der Waals surface area contributed by atoms with Gasteiger partial charge in [-0.3, -0.25) is 4.79 Å². The molecule has 3 rings (SSSR count). The molecule has 0 fully saturated rings. The number of nitrogens with one attached hydrogen (secondary N) is 1. The number of pyridine rings is 1. The van der Waals surface area contributed by atoms with E-state index in [9.17, 15) is 9.59 Å². The first kappa shape index (κ1) is 17.2. The second-order valence-electron chi connectivity index (χ2n) is 5.69. The summed E-state index contributed by atoms with van der Waals surface area (Å²) in [5.74, 6) is -0.876. The van der Waals surface area contributed by atoms with Crippen LogP contribution in [-0.4, -0.2) is 21.3 Å². The van der Waals surface area contributed by atoms with E-state index in [0.717, 1.165) is 11.2 Å². The minimum atomic E-state index is -0.478. The molecule has 0 unspecified atom stereocenters. The molecule has 0 aliphatic carbocycles. The van der Waals surface area contributed by atoms with Crippen LogP contribution in [-0.2, 0) is 16.1 Å². The maximum absolute atomic E-state index is 12.1. The summed E-state index contributed by atoms with van der Waals surface area (Å²) in [4.78, 5) is 28.0. The Balaban J connectivity index is 1.61. The van der Waals surface area contributed by atoms with Gasteiger partial charge < -0.3 is 14.5 Å². The average molecular weight is 348 g/mol. The molecule has 1 amide bonds. The van der Waals surface area contributed by atoms with Crippen LogP contribution in [0.2, 0.25) is 0 Å². The molecule has 1 N–H and O–H groups in total. The summed E-state index contributed by atoms with van der Waals surface area (Å²) >= 11 is 0. The number of imidazole rings is 1. The predicted octanol–water partition coefficient (Wildman–Crippen LogP) is 2.85. The van der Waals surface area contributed by atoms with Gasteiger partial charge in [0, 0.05) is 18.1 Å². The molecule has 0 spiro atoms. The Morgan fingerprint density at radius 1 is 1.27 bits per heavy atom. The number of hydrogen-bond donors (Lipinski definition) is 1. The topological polar surface area (TPSA) is 96.5 Å². The molecular formula is C19H16N4O3. The van der Waals surface area contributed by atoms with Crippen molar-refractivity contribution in [3.8, 4) is 6.07 Å². The standard InChI is InChI=1S/C19H16N4O3/c1-13-3-2-10-23-11-16(22-18(13)23)12-26-19(25)14-4-6-15(7-5-14)21-17(24)8-9-20/h2-7,10-11H,8,12H2,1H3,(H,21,24). The van der Waals surface area contributed by atoms with E-state index in [0.29, 0.717) is 16.9 Å². The van der Waals surface area contributed by atoms with Gasteiger partial charge in [0.15, 0.2) is 0 Å². The Hall–Kier alpha value is -3.66. The lowest BCUT2D eigenvalue weighted by Gasteiger charge is -2.05. The molecule has 0 aliphatic rings. The number of amides is 1. The number of carbonyl (C=O) groups is 2. The summed E-state index contributed by atoms with van der Waals surface area (Å²) in [5.41, 5.74) is 3.41. The lowest BCUT2D eigenvalue weighted by molar-refractivity contribution is -0.115. The molecule has 2 aromatic heterocycles. The number of rotatable bonds is 5. The molecule has 0 saturated carbocycles. The van der Waals surface area contributed by atoms with E-state index < -0.39 is 11.9 Å². The molecule has 2 heterocycles. The Morgan fingerprint density at radius 3 is 2.73 bits per heavy atom. The molecule has 7 nitrogen and oxygen atoms in total. The van der Waals surface area contributed by atoms with Crippen LogP contribution in [0.1, 0.15) is 28.0 Å². The van der Waals surface area contributed by atoms with Gasteiger partial charge in [-0.25, -0.2) is 9.78 Å². The number of aryl methyl sites for hydroxylation is 1. The van der Waals surface area contributed by atoms with Crippen molar-refractivity contribution in [1.29, 1.82) is 5.26 Å². The number of carbonyl (C=O) groups excluding carboxylic acids is 2. The number of esters is 1. The largest absolute Gasteiger partial charge is 0.456 e. The lowest BCUT2D eigenvalue weighted by Crippen LogP contribution is -2.10. The zero-order chi connectivity index (χ0) is 18.5. The van der Waals surface area contributed by atoms with Gasteiger partial charge in [-0.1, -0.05) is 6.07 Å². The summed E-state index contributed by atoms with van der Waals surface area (Å²) in [5, 5.41) is 11.0. The van der Waals surface area contributed by atoms with Crippen molar-refractivity contribution in [2.45, 2.75) is 20.0 Å². The van der Waals surface area contributed by atoms with E-state index in [1.807, 2.05) is 35.9 Å². The summed E-state index contributed by atoms with van der Waals surface area (Å²) in [6.07, 6.45) is 3.49. The Kier molecular flexibility index (Phi) is 4.94. The van der Waals surface area contributed by atoms with Crippen LogP contribution in [0.5, 0.6) is 0 Å². The van der Waals surface area contributed by atoms with Gasteiger partial charge in [0.25, 0.3) is 0 Å². The molecule has 26 heavy (non-hydrogen) atoms. The van der Waals surface area contributed by atoms with E-state index in [2.05, 4.69) is 10.3 Å². The number of fused-ring (bicyclic) bond motifs is 1. The highest BCUT2D eigenvalue weighted by Gasteiger charge is 2.10. The second kappa shape index (κ2) is 7.49. The minimum absolute atomic E-state index is 0.0700. The fourth-order valence-electron chi connectivity index (χ4n) is 2.46. The Bertz CT molecular complexity index is 1000. The highest BCUT2D eigenvalue weighted by molar-refractivity contribution is 5.93. The van der Waals surface area contributed by atoms with Crippen LogP contribution in [0, 0.1) is 18.3 Å². The first-order valence-corrected chi connectivity index (χ1v) is 7.94. The van der Waals surface area contributed by atoms with Gasteiger partial charge >= 0.3 is 5.97 Å². The molecule has 3 aromatic rings. The van der Waals surface area contributed by atoms with Crippen LogP contribution in [0.3, 0.4) is 0 Å². The normalized spacial score (nSPS) is 10.3. The van der Waals surface area contributed by atoms with Gasteiger partial charge in [-0.15, -0.1) is 0 Å². The summed E-state index contributed by atoms with van der Waals surface area (Å²) in [7, 11) is 0. The molecule has 0 radical (unpaired) electrons. The van der Waals surface area contributed by atoms with Gasteiger partial charge in [0.05, 0.1) is 17.3 Å².